The second-order valence-corrected chi connectivity index (χ2v) is 12.3. The van der Waals surface area contributed by atoms with Crippen LogP contribution in [0.25, 0.3) is 22.4 Å². The lowest BCUT2D eigenvalue weighted by atomic mass is 9.95. The summed E-state index contributed by atoms with van der Waals surface area (Å²) in [6.45, 7) is 3.04. The van der Waals surface area contributed by atoms with Crippen molar-refractivity contribution in [1.29, 1.82) is 5.26 Å². The molecule has 4 aromatic rings. The van der Waals surface area contributed by atoms with E-state index in [-0.39, 0.29) is 68.8 Å². The zero-order valence-corrected chi connectivity index (χ0v) is 27.1. The molecule has 2 heterocycles. The molecule has 0 radical (unpaired) electrons. The van der Waals surface area contributed by atoms with Crippen LogP contribution < -0.4 is 15.8 Å². The van der Waals surface area contributed by atoms with E-state index in [0.717, 1.165) is 23.9 Å². The van der Waals surface area contributed by atoms with Gasteiger partial charge in [-0.05, 0) is 92.4 Å². The van der Waals surface area contributed by atoms with Crippen LogP contribution in [-0.4, -0.2) is 41.4 Å². The molecule has 0 unspecified atom stereocenters. The van der Waals surface area contributed by atoms with Crippen LogP contribution in [-0.2, 0) is 17.4 Å². The van der Waals surface area contributed by atoms with Crippen LogP contribution >= 0.6 is 23.2 Å². The summed E-state index contributed by atoms with van der Waals surface area (Å²) >= 11 is 12.6. The van der Waals surface area contributed by atoms with Crippen LogP contribution in [0.1, 0.15) is 46.8 Å². The lowest BCUT2D eigenvalue weighted by Gasteiger charge is -2.33. The number of rotatable bonds is 8. The molecule has 1 aliphatic heterocycles. The van der Waals surface area contributed by atoms with Gasteiger partial charge in [0.25, 0.3) is 5.56 Å². The smallest absolute Gasteiger partial charge is 0.416 e. The number of carbonyl (C=O) groups excluding carboxylic acids is 2. The lowest BCUT2D eigenvalue weighted by Crippen LogP contribution is -2.41. The number of hydrogen-bond acceptors (Lipinski definition) is 6. The largest absolute Gasteiger partial charge is 0.507 e. The number of Topliss-reactive ketones (excluding diaryl/α,β-unsaturated/α-hetero) is 1. The van der Waals surface area contributed by atoms with Crippen LogP contribution in [0.2, 0.25) is 10.0 Å². The zero-order chi connectivity index (χ0) is 34.7. The first-order valence-corrected chi connectivity index (χ1v) is 15.7. The quantitative estimate of drug-likeness (QED) is 0.165. The summed E-state index contributed by atoms with van der Waals surface area (Å²) in [5, 5.41) is 23.8. The molecule has 3 N–H and O–H groups in total. The normalized spacial score (nSPS) is 13.6. The fraction of sp³-hybridized carbons (Fsp3) is 0.257. The van der Waals surface area contributed by atoms with E-state index in [4.69, 9.17) is 23.2 Å². The third kappa shape index (κ3) is 7.51. The summed E-state index contributed by atoms with van der Waals surface area (Å²) in [7, 11) is 0. The average Bonchev–Trinajstić information content (AvgIpc) is 3.05. The summed E-state index contributed by atoms with van der Waals surface area (Å²) in [4.78, 5) is 42.1. The summed E-state index contributed by atoms with van der Waals surface area (Å²) in [5.41, 5.74) is -0.670. The number of phenols is 1. The number of amides is 1. The molecular formula is C35H29Cl2F3N4O4. The number of nitriles is 1. The van der Waals surface area contributed by atoms with Gasteiger partial charge in [0.2, 0.25) is 5.91 Å². The molecule has 5 rings (SSSR count). The number of pyridine rings is 1. The predicted molar refractivity (Wildman–Crippen MR) is 177 cm³/mol. The maximum Gasteiger partial charge on any atom is 0.416 e. The minimum Gasteiger partial charge on any atom is -0.507 e. The van der Waals surface area contributed by atoms with Gasteiger partial charge in [-0.25, -0.2) is 0 Å². The van der Waals surface area contributed by atoms with Gasteiger partial charge in [0, 0.05) is 63.5 Å². The van der Waals surface area contributed by atoms with E-state index < -0.39 is 22.9 Å². The first kappa shape index (κ1) is 34.5. The standard InChI is InChI=1S/C35H29Cl2F3N4O4/c1-19(45)20-2-5-25(6-3-20)44-12-9-21(10-13-44)33(47)42-11-8-22-14-24(36)16-28(32(22)46)31-17-26(29(18-41)34(48)43-31)27-15-23(35(38,39)40)4-7-30(27)37/h2-7,14-17,21,46H,8-13H2,1H3,(H,42,47)(H,43,48). The SMILES string of the molecule is CC(=O)c1ccc(N2CCC(C(=O)NCCc3cc(Cl)cc(-c4cc(-c5cc(C(F)(F)F)ccc5Cl)c(C#N)c(=O)[nH]4)c3O)CC2)cc1. The number of aromatic hydroxyl groups is 1. The minimum atomic E-state index is -4.70. The Kier molecular flexibility index (Phi) is 10.2. The Morgan fingerprint density at radius 2 is 1.71 bits per heavy atom. The van der Waals surface area contributed by atoms with E-state index in [2.05, 4.69) is 15.2 Å². The molecule has 0 atom stereocenters. The number of anilines is 1. The van der Waals surface area contributed by atoms with E-state index in [1.165, 1.54) is 25.1 Å². The number of halogens is 5. The molecule has 1 fully saturated rings. The Bertz CT molecular complexity index is 1980. The van der Waals surface area contributed by atoms with E-state index >= 15 is 0 Å². The third-order valence-corrected chi connectivity index (χ3v) is 8.92. The average molecular weight is 698 g/mol. The van der Waals surface area contributed by atoms with Gasteiger partial charge in [-0.15, -0.1) is 0 Å². The molecular weight excluding hydrogens is 668 g/mol. The highest BCUT2D eigenvalue weighted by atomic mass is 35.5. The van der Waals surface area contributed by atoms with E-state index in [1.54, 1.807) is 18.2 Å². The van der Waals surface area contributed by atoms with Crippen molar-refractivity contribution in [2.24, 2.45) is 5.92 Å². The molecule has 1 saturated heterocycles. The Balaban J connectivity index is 1.30. The Labute approximate surface area is 283 Å². The molecule has 8 nitrogen and oxygen atoms in total. The number of nitrogens with zero attached hydrogens (tertiary/aromatic N) is 2. The number of piperidine rings is 1. The number of benzene rings is 3. The van der Waals surface area contributed by atoms with E-state index in [9.17, 15) is 37.9 Å². The molecule has 0 bridgehead atoms. The van der Waals surface area contributed by atoms with Crippen LogP contribution in [0.5, 0.6) is 5.75 Å². The van der Waals surface area contributed by atoms with Crippen molar-refractivity contribution in [3.8, 4) is 34.2 Å². The molecule has 0 spiro atoms. The Hall–Kier alpha value is -4.79. The summed E-state index contributed by atoms with van der Waals surface area (Å²) < 4.78 is 40.4. The van der Waals surface area contributed by atoms with Gasteiger partial charge in [0.1, 0.15) is 17.4 Å². The molecule has 13 heteroatoms. The van der Waals surface area contributed by atoms with Gasteiger partial charge in [0.15, 0.2) is 5.78 Å². The molecule has 0 saturated carbocycles. The number of nitrogens with one attached hydrogen (secondary N) is 2. The summed E-state index contributed by atoms with van der Waals surface area (Å²) in [6.07, 6.45) is -3.25. The molecule has 248 valence electrons. The highest BCUT2D eigenvalue weighted by molar-refractivity contribution is 6.33. The third-order valence-electron chi connectivity index (χ3n) is 8.37. The molecule has 1 amide bonds. The van der Waals surface area contributed by atoms with Crippen LogP contribution in [0.3, 0.4) is 0 Å². The van der Waals surface area contributed by atoms with Crippen molar-refractivity contribution >= 4 is 40.6 Å². The van der Waals surface area contributed by atoms with Crippen molar-refractivity contribution in [3.63, 3.8) is 0 Å². The van der Waals surface area contributed by atoms with Crippen molar-refractivity contribution < 1.29 is 27.9 Å². The minimum absolute atomic E-state index is 0.00282. The fourth-order valence-electron chi connectivity index (χ4n) is 5.76. The van der Waals surface area contributed by atoms with Gasteiger partial charge in [0.05, 0.1) is 11.3 Å². The van der Waals surface area contributed by atoms with Gasteiger partial charge >= 0.3 is 6.18 Å². The fourth-order valence-corrected chi connectivity index (χ4v) is 6.22. The first-order chi connectivity index (χ1) is 22.8. The van der Waals surface area contributed by atoms with Crippen LogP contribution in [0.4, 0.5) is 18.9 Å². The number of carbonyl (C=O) groups is 2. The van der Waals surface area contributed by atoms with Crippen LogP contribution in [0, 0.1) is 17.2 Å². The Morgan fingerprint density at radius 3 is 2.33 bits per heavy atom. The molecule has 1 aliphatic rings. The van der Waals surface area contributed by atoms with Gasteiger partial charge < -0.3 is 20.3 Å². The number of hydrogen-bond donors (Lipinski definition) is 3. The maximum absolute atomic E-state index is 13.5. The number of aromatic amines is 1. The predicted octanol–water partition coefficient (Wildman–Crippen LogP) is 7.39. The number of ketones is 1. The lowest BCUT2D eigenvalue weighted by molar-refractivity contribution is -0.137. The molecule has 1 aromatic heterocycles. The van der Waals surface area contributed by atoms with Crippen molar-refractivity contribution in [2.45, 2.75) is 32.4 Å². The number of phenolic OH excluding ortho intramolecular Hbond substituents is 1. The van der Waals surface area contributed by atoms with Gasteiger partial charge in [-0.3, -0.25) is 14.4 Å². The highest BCUT2D eigenvalue weighted by Gasteiger charge is 2.32. The second kappa shape index (κ2) is 14.1. The van der Waals surface area contributed by atoms with Gasteiger partial charge in [-0.1, -0.05) is 23.2 Å². The summed E-state index contributed by atoms with van der Waals surface area (Å²) in [5.74, 6) is -0.593. The van der Waals surface area contributed by atoms with E-state index in [1.807, 2.05) is 12.1 Å². The van der Waals surface area contributed by atoms with Crippen molar-refractivity contribution in [1.82, 2.24) is 10.3 Å². The molecule has 48 heavy (non-hydrogen) atoms. The monoisotopic (exact) mass is 696 g/mol. The van der Waals surface area contributed by atoms with Crippen molar-refractivity contribution in [3.05, 3.63) is 103 Å². The summed E-state index contributed by atoms with van der Waals surface area (Å²) in [6, 6.07) is 15.8. The number of aromatic nitrogens is 1. The highest BCUT2D eigenvalue weighted by Crippen LogP contribution is 2.40. The number of H-pyrrole nitrogens is 1. The zero-order valence-electron chi connectivity index (χ0n) is 25.5. The first-order valence-electron chi connectivity index (χ1n) is 15.0. The second-order valence-electron chi connectivity index (χ2n) is 11.5. The Morgan fingerprint density at radius 1 is 1.02 bits per heavy atom. The molecule has 0 aliphatic carbocycles. The number of alkyl halides is 3. The molecule has 3 aromatic carbocycles. The topological polar surface area (TPSA) is 126 Å². The van der Waals surface area contributed by atoms with E-state index in [0.29, 0.717) is 37.1 Å². The van der Waals surface area contributed by atoms with Crippen molar-refractivity contribution in [2.75, 3.05) is 24.5 Å². The van der Waals surface area contributed by atoms with Gasteiger partial charge in [-0.2, -0.15) is 18.4 Å². The van der Waals surface area contributed by atoms with Crippen LogP contribution in [0.15, 0.2) is 65.5 Å². The maximum atomic E-state index is 13.5.